The second-order valence-electron chi connectivity index (χ2n) is 1.49. The van der Waals surface area contributed by atoms with Gasteiger partial charge in [0, 0.05) is 12.0 Å². The Bertz CT molecular complexity index is 136. The first-order valence-corrected chi connectivity index (χ1v) is 2.40. The first-order valence-electron chi connectivity index (χ1n) is 2.40. The molecule has 0 bridgehead atoms. The van der Waals surface area contributed by atoms with Gasteiger partial charge in [-0.3, -0.25) is 0 Å². The van der Waals surface area contributed by atoms with Crippen molar-refractivity contribution < 1.29 is 9.63 Å². The minimum absolute atomic E-state index is 0.0960. The quantitative estimate of drug-likeness (QED) is 0.563. The molecule has 0 aliphatic rings. The van der Waals surface area contributed by atoms with E-state index < -0.39 is 0 Å². The highest BCUT2D eigenvalue weighted by Gasteiger charge is 1.91. The SMILES string of the molecule is [O]CCc1cnoc1. The van der Waals surface area contributed by atoms with E-state index in [2.05, 4.69) is 9.68 Å². The highest BCUT2D eigenvalue weighted by Crippen LogP contribution is 1.95. The molecule has 0 N–H and O–H groups in total. The van der Waals surface area contributed by atoms with Crippen molar-refractivity contribution in [2.75, 3.05) is 6.61 Å². The van der Waals surface area contributed by atoms with Gasteiger partial charge in [-0.1, -0.05) is 5.16 Å². The van der Waals surface area contributed by atoms with E-state index in [9.17, 15) is 5.11 Å². The van der Waals surface area contributed by atoms with Gasteiger partial charge in [0.05, 0.1) is 12.8 Å². The molecule has 1 rings (SSSR count). The second kappa shape index (κ2) is 2.47. The van der Waals surface area contributed by atoms with Crippen LogP contribution >= 0.6 is 0 Å². The van der Waals surface area contributed by atoms with E-state index in [4.69, 9.17) is 0 Å². The van der Waals surface area contributed by atoms with Crippen molar-refractivity contribution in [1.82, 2.24) is 5.16 Å². The van der Waals surface area contributed by atoms with Crippen molar-refractivity contribution in [3.63, 3.8) is 0 Å². The lowest BCUT2D eigenvalue weighted by molar-refractivity contribution is 0.197. The van der Waals surface area contributed by atoms with Gasteiger partial charge >= 0.3 is 0 Å². The summed E-state index contributed by atoms with van der Waals surface area (Å²) in [6, 6.07) is 0. The van der Waals surface area contributed by atoms with E-state index in [1.54, 1.807) is 6.20 Å². The summed E-state index contributed by atoms with van der Waals surface area (Å²) in [5, 5.41) is 13.4. The summed E-state index contributed by atoms with van der Waals surface area (Å²) >= 11 is 0. The third-order valence-electron chi connectivity index (χ3n) is 0.874. The molecule has 43 valence electrons. The maximum absolute atomic E-state index is 9.93. The average molecular weight is 112 g/mol. The lowest BCUT2D eigenvalue weighted by Gasteiger charge is -1.80. The number of aromatic nitrogens is 1. The zero-order chi connectivity index (χ0) is 5.82. The van der Waals surface area contributed by atoms with Crippen LogP contribution in [0.2, 0.25) is 0 Å². The summed E-state index contributed by atoms with van der Waals surface area (Å²) in [4.78, 5) is 0. The molecule has 3 heteroatoms. The topological polar surface area (TPSA) is 45.9 Å². The molecule has 0 fully saturated rings. The lowest BCUT2D eigenvalue weighted by Crippen LogP contribution is -1.84. The third-order valence-corrected chi connectivity index (χ3v) is 0.874. The standard InChI is InChI=1S/C5H6NO2/c7-2-1-5-3-6-8-4-5/h3-4H,1-2H2. The fourth-order valence-electron chi connectivity index (χ4n) is 0.468. The molecule has 0 atom stereocenters. The molecule has 0 saturated carbocycles. The molecule has 3 nitrogen and oxygen atoms in total. The molecule has 0 aliphatic carbocycles. The zero-order valence-electron chi connectivity index (χ0n) is 4.33. The Morgan fingerprint density at radius 2 is 2.62 bits per heavy atom. The van der Waals surface area contributed by atoms with Crippen LogP contribution in [0.25, 0.3) is 0 Å². The van der Waals surface area contributed by atoms with Crippen molar-refractivity contribution in [3.05, 3.63) is 18.0 Å². The van der Waals surface area contributed by atoms with Crippen LogP contribution in [0.4, 0.5) is 0 Å². The van der Waals surface area contributed by atoms with Crippen LogP contribution in [-0.4, -0.2) is 11.8 Å². The van der Waals surface area contributed by atoms with Crippen LogP contribution < -0.4 is 0 Å². The molecule has 1 aromatic rings. The zero-order valence-corrected chi connectivity index (χ0v) is 4.33. The van der Waals surface area contributed by atoms with E-state index in [1.165, 1.54) is 6.26 Å². The molecule has 1 radical (unpaired) electrons. The van der Waals surface area contributed by atoms with Gasteiger partial charge in [0.15, 0.2) is 0 Å². The first kappa shape index (κ1) is 5.31. The average Bonchev–Trinajstić information content (AvgIpc) is 2.19. The Morgan fingerprint density at radius 1 is 1.75 bits per heavy atom. The summed E-state index contributed by atoms with van der Waals surface area (Å²) in [6.07, 6.45) is 3.55. The van der Waals surface area contributed by atoms with Crippen LogP contribution in [0.3, 0.4) is 0 Å². The summed E-state index contributed by atoms with van der Waals surface area (Å²) in [5.74, 6) is 0. The number of hydrogen-bond donors (Lipinski definition) is 0. The minimum atomic E-state index is -0.0960. The van der Waals surface area contributed by atoms with Gasteiger partial charge < -0.3 is 4.52 Å². The molecule has 0 amide bonds. The molecule has 0 aromatic carbocycles. The van der Waals surface area contributed by atoms with Gasteiger partial charge in [0.25, 0.3) is 0 Å². The minimum Gasteiger partial charge on any atom is -0.364 e. The highest BCUT2D eigenvalue weighted by atomic mass is 16.5. The smallest absolute Gasteiger partial charge is 0.127 e. The van der Waals surface area contributed by atoms with Crippen molar-refractivity contribution in [1.29, 1.82) is 0 Å². The molecule has 0 aliphatic heterocycles. The van der Waals surface area contributed by atoms with Crippen LogP contribution in [0.15, 0.2) is 17.0 Å². The lowest BCUT2D eigenvalue weighted by atomic mass is 10.3. The van der Waals surface area contributed by atoms with E-state index >= 15 is 0 Å². The normalized spacial score (nSPS) is 9.62. The Kier molecular flexibility index (Phi) is 1.64. The van der Waals surface area contributed by atoms with E-state index in [-0.39, 0.29) is 6.61 Å². The Labute approximate surface area is 46.9 Å². The molecular weight excluding hydrogens is 106 g/mol. The van der Waals surface area contributed by atoms with Crippen LogP contribution in [0.1, 0.15) is 5.56 Å². The molecule has 8 heavy (non-hydrogen) atoms. The fraction of sp³-hybridized carbons (Fsp3) is 0.400. The number of nitrogens with zero attached hydrogens (tertiary/aromatic N) is 1. The second-order valence-corrected chi connectivity index (χ2v) is 1.49. The molecule has 1 aromatic heterocycles. The summed E-state index contributed by atoms with van der Waals surface area (Å²) in [6.45, 7) is -0.0960. The Balaban J connectivity index is 2.50. The van der Waals surface area contributed by atoms with Gasteiger partial charge in [0.1, 0.15) is 6.26 Å². The monoisotopic (exact) mass is 112 g/mol. The van der Waals surface area contributed by atoms with Crippen molar-refractivity contribution in [2.24, 2.45) is 0 Å². The van der Waals surface area contributed by atoms with Crippen LogP contribution in [0, 0.1) is 0 Å². The molecular formula is C5H6NO2. The Hall–Kier alpha value is -0.830. The molecule has 0 spiro atoms. The maximum Gasteiger partial charge on any atom is 0.127 e. The fourth-order valence-corrected chi connectivity index (χ4v) is 0.468. The summed E-state index contributed by atoms with van der Waals surface area (Å²) < 4.78 is 4.48. The number of hydrogen-bond acceptors (Lipinski definition) is 2. The van der Waals surface area contributed by atoms with Crippen LogP contribution in [0.5, 0.6) is 0 Å². The van der Waals surface area contributed by atoms with Gasteiger partial charge in [-0.2, -0.15) is 0 Å². The van der Waals surface area contributed by atoms with Crippen molar-refractivity contribution in [3.8, 4) is 0 Å². The van der Waals surface area contributed by atoms with Gasteiger partial charge in [0.2, 0.25) is 0 Å². The van der Waals surface area contributed by atoms with Crippen molar-refractivity contribution >= 4 is 0 Å². The summed E-state index contributed by atoms with van der Waals surface area (Å²) in [5.41, 5.74) is 0.875. The van der Waals surface area contributed by atoms with E-state index in [1.807, 2.05) is 0 Å². The maximum atomic E-state index is 9.93. The van der Waals surface area contributed by atoms with Crippen molar-refractivity contribution in [2.45, 2.75) is 6.42 Å². The molecule has 0 saturated heterocycles. The first-order chi connectivity index (χ1) is 3.93. The molecule has 0 unspecified atom stereocenters. The predicted octanol–water partition coefficient (Wildman–Crippen LogP) is 0.648. The predicted molar refractivity (Wildman–Crippen MR) is 25.8 cm³/mol. The van der Waals surface area contributed by atoms with Gasteiger partial charge in [-0.05, 0) is 0 Å². The van der Waals surface area contributed by atoms with Gasteiger partial charge in [-0.25, -0.2) is 5.11 Å². The highest BCUT2D eigenvalue weighted by molar-refractivity contribution is 4.99. The molecule has 1 heterocycles. The van der Waals surface area contributed by atoms with Gasteiger partial charge in [-0.15, -0.1) is 0 Å². The Morgan fingerprint density at radius 3 is 3.12 bits per heavy atom. The third kappa shape index (κ3) is 1.07. The van der Waals surface area contributed by atoms with E-state index in [0.717, 1.165) is 5.56 Å². The van der Waals surface area contributed by atoms with E-state index in [0.29, 0.717) is 6.42 Å². The summed E-state index contributed by atoms with van der Waals surface area (Å²) in [7, 11) is 0. The van der Waals surface area contributed by atoms with Crippen LogP contribution in [-0.2, 0) is 11.5 Å². The largest absolute Gasteiger partial charge is 0.364 e. The number of rotatable bonds is 2.